The Morgan fingerprint density at radius 1 is 0.941 bits per heavy atom. The molecule has 5 nitrogen and oxygen atoms in total. The number of nitrogens with one attached hydrogen (secondary N) is 1. The van der Waals surface area contributed by atoms with E-state index in [1.54, 1.807) is 54.2 Å². The van der Waals surface area contributed by atoms with Crippen molar-refractivity contribution in [2.75, 3.05) is 22.9 Å². The minimum absolute atomic E-state index is 0.0577. The number of sulfonamides is 1. The quantitative estimate of drug-likeness (QED) is 0.298. The van der Waals surface area contributed by atoms with Gasteiger partial charge < -0.3 is 5.32 Å². The Kier molecular flexibility index (Phi) is 9.56. The molecule has 10 heteroatoms. The van der Waals surface area contributed by atoms with Gasteiger partial charge in [-0.05, 0) is 47.5 Å². The third-order valence-corrected chi connectivity index (χ3v) is 8.07. The lowest BCUT2D eigenvalue weighted by Crippen LogP contribution is -2.29. The smallest absolute Gasteiger partial charge is 0.251 e. The van der Waals surface area contributed by atoms with Crippen molar-refractivity contribution in [3.8, 4) is 0 Å². The Hall–Kier alpha value is -1.90. The van der Waals surface area contributed by atoms with Crippen LogP contribution in [-0.2, 0) is 22.3 Å². The topological polar surface area (TPSA) is 66.5 Å². The van der Waals surface area contributed by atoms with Crippen LogP contribution in [0.1, 0.15) is 21.5 Å². The summed E-state index contributed by atoms with van der Waals surface area (Å²) in [6, 6.07) is 19.3. The summed E-state index contributed by atoms with van der Waals surface area (Å²) in [6.45, 7) is 0.593. The molecule has 0 aliphatic heterocycles. The van der Waals surface area contributed by atoms with E-state index in [1.807, 2.05) is 24.3 Å². The maximum Gasteiger partial charge on any atom is 0.251 e. The van der Waals surface area contributed by atoms with Crippen LogP contribution < -0.4 is 9.62 Å². The third-order valence-electron chi connectivity index (χ3n) is 4.86. The Balaban J connectivity index is 1.55. The first kappa shape index (κ1) is 26.7. The average molecular weight is 558 g/mol. The Morgan fingerprint density at radius 3 is 2.24 bits per heavy atom. The van der Waals surface area contributed by atoms with Crippen LogP contribution in [0.3, 0.4) is 0 Å². The molecule has 3 aromatic carbocycles. The van der Waals surface area contributed by atoms with Gasteiger partial charge in [-0.25, -0.2) is 8.42 Å². The molecule has 0 aliphatic carbocycles. The van der Waals surface area contributed by atoms with E-state index >= 15 is 0 Å². The second kappa shape index (κ2) is 12.2. The fourth-order valence-electron chi connectivity index (χ4n) is 3.10. The molecule has 0 fully saturated rings. The number of carbonyl (C=O) groups is 1. The zero-order chi connectivity index (χ0) is 24.7. The van der Waals surface area contributed by atoms with E-state index in [9.17, 15) is 13.2 Å². The first-order valence-corrected chi connectivity index (χ1v) is 14.4. The van der Waals surface area contributed by atoms with Gasteiger partial charge in [0.05, 0.1) is 28.5 Å². The fourth-order valence-corrected chi connectivity index (χ4v) is 5.39. The maximum absolute atomic E-state index is 12.4. The van der Waals surface area contributed by atoms with Gasteiger partial charge in [0.1, 0.15) is 0 Å². The van der Waals surface area contributed by atoms with Crippen LogP contribution in [0, 0.1) is 0 Å². The first-order valence-electron chi connectivity index (χ1n) is 10.3. The van der Waals surface area contributed by atoms with Crippen molar-refractivity contribution in [3.05, 3.63) is 98.5 Å². The van der Waals surface area contributed by atoms with Crippen LogP contribution in [0.5, 0.6) is 0 Å². The van der Waals surface area contributed by atoms with Crippen LogP contribution >= 0.6 is 46.6 Å². The highest BCUT2D eigenvalue weighted by molar-refractivity contribution is 7.98. The largest absolute Gasteiger partial charge is 0.351 e. The van der Waals surface area contributed by atoms with Crippen molar-refractivity contribution in [1.29, 1.82) is 0 Å². The van der Waals surface area contributed by atoms with E-state index in [2.05, 4.69) is 5.32 Å². The molecule has 0 saturated carbocycles. The number of thioether (sulfide) groups is 1. The molecule has 3 rings (SSSR count). The zero-order valence-electron chi connectivity index (χ0n) is 18.3. The van der Waals surface area contributed by atoms with Crippen molar-refractivity contribution in [1.82, 2.24) is 5.32 Å². The highest BCUT2D eigenvalue weighted by Gasteiger charge is 2.21. The van der Waals surface area contributed by atoms with Gasteiger partial charge in [-0.15, -0.1) is 0 Å². The van der Waals surface area contributed by atoms with Gasteiger partial charge in [-0.1, -0.05) is 65.1 Å². The number of hydrogen-bond donors (Lipinski definition) is 1. The van der Waals surface area contributed by atoms with Crippen molar-refractivity contribution in [3.63, 3.8) is 0 Å². The summed E-state index contributed by atoms with van der Waals surface area (Å²) in [5.74, 6) is 1.43. The fraction of sp³-hybridized carbons (Fsp3) is 0.208. The third kappa shape index (κ3) is 7.55. The molecule has 0 saturated heterocycles. The van der Waals surface area contributed by atoms with Crippen molar-refractivity contribution >= 4 is 68.2 Å². The van der Waals surface area contributed by atoms with Gasteiger partial charge >= 0.3 is 0 Å². The molecule has 0 aromatic heterocycles. The average Bonchev–Trinajstić information content (AvgIpc) is 2.80. The van der Waals surface area contributed by atoms with E-state index < -0.39 is 10.0 Å². The Labute approximate surface area is 219 Å². The second-order valence-corrected chi connectivity index (χ2v) is 11.7. The molecule has 1 N–H and O–H groups in total. The normalized spacial score (nSPS) is 11.3. The molecular formula is C24H23Cl3N2O3S2. The van der Waals surface area contributed by atoms with Crippen molar-refractivity contribution < 1.29 is 13.2 Å². The summed E-state index contributed by atoms with van der Waals surface area (Å²) in [4.78, 5) is 12.4. The summed E-state index contributed by atoms with van der Waals surface area (Å²) >= 11 is 19.9. The summed E-state index contributed by atoms with van der Waals surface area (Å²) in [5.41, 5.74) is 2.68. The predicted octanol–water partition coefficient (Wildman–Crippen LogP) is 6.28. The minimum atomic E-state index is -3.62. The lowest BCUT2D eigenvalue weighted by atomic mass is 10.1. The number of hydrogen-bond acceptors (Lipinski definition) is 4. The Morgan fingerprint density at radius 2 is 1.59 bits per heavy atom. The molecule has 0 atom stereocenters. The van der Waals surface area contributed by atoms with E-state index in [0.29, 0.717) is 28.4 Å². The SMILES string of the molecule is CS(=O)(=O)N(Cc1ccc(C(=O)NCCSCc2ccc(Cl)cc2)cc1)c1cccc(Cl)c1Cl. The van der Waals surface area contributed by atoms with Crippen LogP contribution in [-0.4, -0.2) is 32.9 Å². The molecule has 180 valence electrons. The molecule has 0 aliphatic rings. The molecule has 1 amide bonds. The van der Waals surface area contributed by atoms with Crippen LogP contribution in [0.15, 0.2) is 66.7 Å². The number of halogens is 3. The number of amides is 1. The standard InChI is InChI=1S/C24H23Cl3N2O3S2/c1-34(31,32)29(22-4-2-3-21(26)23(22)27)15-17-5-9-19(10-6-17)24(30)28-13-14-33-16-18-7-11-20(25)12-8-18/h2-12H,13-16H2,1H3,(H,28,30). The lowest BCUT2D eigenvalue weighted by molar-refractivity contribution is 0.0956. The molecule has 0 unspecified atom stereocenters. The van der Waals surface area contributed by atoms with E-state index in [0.717, 1.165) is 17.8 Å². The Bertz CT molecular complexity index is 1240. The molecule has 0 bridgehead atoms. The van der Waals surface area contributed by atoms with Crippen molar-refractivity contribution in [2.24, 2.45) is 0 Å². The van der Waals surface area contributed by atoms with Gasteiger partial charge in [-0.2, -0.15) is 11.8 Å². The second-order valence-electron chi connectivity index (χ2n) is 7.47. The van der Waals surface area contributed by atoms with Crippen LogP contribution in [0.4, 0.5) is 5.69 Å². The summed E-state index contributed by atoms with van der Waals surface area (Å²) in [5, 5.41) is 4.05. The maximum atomic E-state index is 12.4. The van der Waals surface area contributed by atoms with Gasteiger partial charge in [0.15, 0.2) is 0 Å². The van der Waals surface area contributed by atoms with E-state index in [1.165, 1.54) is 9.87 Å². The number of nitrogens with zero attached hydrogens (tertiary/aromatic N) is 1. The summed E-state index contributed by atoms with van der Waals surface area (Å²) < 4.78 is 26.0. The summed E-state index contributed by atoms with van der Waals surface area (Å²) in [6.07, 6.45) is 1.11. The molecule has 34 heavy (non-hydrogen) atoms. The van der Waals surface area contributed by atoms with Gasteiger partial charge in [-0.3, -0.25) is 9.10 Å². The van der Waals surface area contributed by atoms with E-state index in [-0.39, 0.29) is 22.5 Å². The van der Waals surface area contributed by atoms with Crippen molar-refractivity contribution in [2.45, 2.75) is 12.3 Å². The molecule has 0 heterocycles. The highest BCUT2D eigenvalue weighted by atomic mass is 35.5. The number of anilines is 1. The van der Waals surface area contributed by atoms with Crippen LogP contribution in [0.2, 0.25) is 15.1 Å². The molecule has 0 radical (unpaired) electrons. The van der Waals surface area contributed by atoms with Gasteiger partial charge in [0, 0.05) is 28.6 Å². The molecule has 3 aromatic rings. The number of rotatable bonds is 10. The number of benzene rings is 3. The highest BCUT2D eigenvalue weighted by Crippen LogP contribution is 2.34. The van der Waals surface area contributed by atoms with E-state index in [4.69, 9.17) is 34.8 Å². The monoisotopic (exact) mass is 556 g/mol. The predicted molar refractivity (Wildman–Crippen MR) is 144 cm³/mol. The first-order chi connectivity index (χ1) is 16.1. The minimum Gasteiger partial charge on any atom is -0.351 e. The molecular weight excluding hydrogens is 535 g/mol. The van der Waals surface area contributed by atoms with Gasteiger partial charge in [0.2, 0.25) is 10.0 Å². The number of carbonyl (C=O) groups excluding carboxylic acids is 1. The zero-order valence-corrected chi connectivity index (χ0v) is 22.2. The summed E-state index contributed by atoms with van der Waals surface area (Å²) in [7, 11) is -3.62. The molecule has 0 spiro atoms. The van der Waals surface area contributed by atoms with Crippen LogP contribution in [0.25, 0.3) is 0 Å². The lowest BCUT2D eigenvalue weighted by Gasteiger charge is -2.24. The van der Waals surface area contributed by atoms with Gasteiger partial charge in [0.25, 0.3) is 5.91 Å².